The van der Waals surface area contributed by atoms with Gasteiger partial charge >= 0.3 is 6.09 Å². The van der Waals surface area contributed by atoms with Crippen LogP contribution in [0.1, 0.15) is 37.5 Å². The second-order valence-electron chi connectivity index (χ2n) is 8.99. The fourth-order valence-electron chi connectivity index (χ4n) is 3.26. The summed E-state index contributed by atoms with van der Waals surface area (Å²) in [6.07, 6.45) is 1.47. The Kier molecular flexibility index (Phi) is 6.95. The van der Waals surface area contributed by atoms with E-state index in [1.807, 2.05) is 70.2 Å². The standard InChI is InChI=1S/C24H30N4O3/c1-16-10-18(11-19-13-26-28-21(16)19)12-20(22(29)25-15-24(2,3)4)27-23(30)31-14-17-8-6-5-7-9-17/h5-11,13,20H,12,14-15H2,1-4H3,(H,25,29)(H,26,28)(H,27,30). The number of hydrogen-bond acceptors (Lipinski definition) is 4. The molecule has 0 fully saturated rings. The minimum absolute atomic E-state index is 0.0691. The maximum Gasteiger partial charge on any atom is 0.408 e. The van der Waals surface area contributed by atoms with Crippen molar-refractivity contribution >= 4 is 22.9 Å². The summed E-state index contributed by atoms with van der Waals surface area (Å²) in [5.41, 5.74) is 3.75. The molecule has 0 aliphatic heterocycles. The Balaban J connectivity index is 1.71. The molecule has 7 nitrogen and oxygen atoms in total. The van der Waals surface area contributed by atoms with E-state index in [1.165, 1.54) is 0 Å². The summed E-state index contributed by atoms with van der Waals surface area (Å²) in [7, 11) is 0. The molecule has 0 bridgehead atoms. The zero-order valence-corrected chi connectivity index (χ0v) is 18.5. The largest absolute Gasteiger partial charge is 0.445 e. The maximum atomic E-state index is 12.9. The first kappa shape index (κ1) is 22.3. The monoisotopic (exact) mass is 422 g/mol. The van der Waals surface area contributed by atoms with Crippen LogP contribution in [0.25, 0.3) is 10.9 Å². The minimum atomic E-state index is -0.755. The average molecular weight is 423 g/mol. The first-order valence-corrected chi connectivity index (χ1v) is 10.4. The minimum Gasteiger partial charge on any atom is -0.445 e. The molecule has 3 N–H and O–H groups in total. The van der Waals surface area contributed by atoms with Crippen molar-refractivity contribution in [3.63, 3.8) is 0 Å². The lowest BCUT2D eigenvalue weighted by atomic mass is 9.96. The highest BCUT2D eigenvalue weighted by Gasteiger charge is 2.24. The van der Waals surface area contributed by atoms with Gasteiger partial charge in [0.2, 0.25) is 5.91 Å². The normalized spacial score (nSPS) is 12.4. The van der Waals surface area contributed by atoms with Crippen LogP contribution in [-0.4, -0.2) is 34.8 Å². The number of carbonyl (C=O) groups is 2. The Labute approximate surface area is 182 Å². The molecular formula is C24H30N4O3. The van der Waals surface area contributed by atoms with Gasteiger partial charge in [0.15, 0.2) is 0 Å². The molecule has 1 atom stereocenters. The molecule has 3 aromatic rings. The maximum absolute atomic E-state index is 12.9. The summed E-state index contributed by atoms with van der Waals surface area (Å²) in [5.74, 6) is -0.239. The van der Waals surface area contributed by atoms with Crippen LogP contribution in [0.4, 0.5) is 4.79 Å². The van der Waals surface area contributed by atoms with Crippen molar-refractivity contribution < 1.29 is 14.3 Å². The van der Waals surface area contributed by atoms with Crippen LogP contribution in [0.5, 0.6) is 0 Å². The van der Waals surface area contributed by atoms with Gasteiger partial charge in [-0.25, -0.2) is 4.79 Å². The van der Waals surface area contributed by atoms with Gasteiger partial charge in [-0.2, -0.15) is 5.10 Å². The quantitative estimate of drug-likeness (QED) is 0.538. The van der Waals surface area contributed by atoms with Crippen molar-refractivity contribution in [2.45, 2.75) is 46.8 Å². The van der Waals surface area contributed by atoms with Crippen LogP contribution in [0.3, 0.4) is 0 Å². The van der Waals surface area contributed by atoms with Gasteiger partial charge in [-0.1, -0.05) is 57.2 Å². The number of fused-ring (bicyclic) bond motifs is 1. The summed E-state index contributed by atoms with van der Waals surface area (Å²) < 4.78 is 5.33. The van der Waals surface area contributed by atoms with Gasteiger partial charge in [-0.15, -0.1) is 0 Å². The van der Waals surface area contributed by atoms with Crippen LogP contribution in [-0.2, 0) is 22.6 Å². The first-order chi connectivity index (χ1) is 14.7. The third-order valence-electron chi connectivity index (χ3n) is 4.86. The molecule has 0 saturated carbocycles. The highest BCUT2D eigenvalue weighted by Crippen LogP contribution is 2.19. The van der Waals surface area contributed by atoms with Gasteiger partial charge < -0.3 is 15.4 Å². The molecule has 3 rings (SSSR count). The Morgan fingerprint density at radius 2 is 1.87 bits per heavy atom. The fraction of sp³-hybridized carbons (Fsp3) is 0.375. The molecule has 1 aromatic heterocycles. The molecule has 1 unspecified atom stereocenters. The molecule has 31 heavy (non-hydrogen) atoms. The zero-order chi connectivity index (χ0) is 22.4. The van der Waals surface area contributed by atoms with E-state index in [-0.39, 0.29) is 17.9 Å². The molecule has 2 amide bonds. The second kappa shape index (κ2) is 9.64. The first-order valence-electron chi connectivity index (χ1n) is 10.4. The summed E-state index contributed by atoms with van der Waals surface area (Å²) in [6, 6.07) is 12.6. The van der Waals surface area contributed by atoms with Crippen LogP contribution in [0.15, 0.2) is 48.7 Å². The summed E-state index contributed by atoms with van der Waals surface area (Å²) in [4.78, 5) is 25.3. The van der Waals surface area contributed by atoms with Gasteiger partial charge in [0.05, 0.1) is 11.7 Å². The second-order valence-corrected chi connectivity index (χ2v) is 8.99. The lowest BCUT2D eigenvalue weighted by Crippen LogP contribution is -2.49. The molecule has 0 spiro atoms. The van der Waals surface area contributed by atoms with Crippen molar-refractivity contribution in [3.8, 4) is 0 Å². The molecule has 7 heteroatoms. The lowest BCUT2D eigenvalue weighted by Gasteiger charge is -2.23. The van der Waals surface area contributed by atoms with E-state index in [0.717, 1.165) is 27.6 Å². The third-order valence-corrected chi connectivity index (χ3v) is 4.86. The SMILES string of the molecule is Cc1cc(CC(NC(=O)OCc2ccccc2)C(=O)NCC(C)(C)C)cc2cn[nH]c12. The van der Waals surface area contributed by atoms with E-state index < -0.39 is 12.1 Å². The molecule has 0 saturated heterocycles. The highest BCUT2D eigenvalue weighted by molar-refractivity contribution is 5.86. The Morgan fingerprint density at radius 3 is 2.58 bits per heavy atom. The Hall–Kier alpha value is -3.35. The zero-order valence-electron chi connectivity index (χ0n) is 18.5. The van der Waals surface area contributed by atoms with Crippen molar-refractivity contribution in [3.05, 3.63) is 65.4 Å². The summed E-state index contributed by atoms with van der Waals surface area (Å²) >= 11 is 0. The van der Waals surface area contributed by atoms with Crippen molar-refractivity contribution in [2.24, 2.45) is 5.41 Å². The molecular weight excluding hydrogens is 392 g/mol. The fourth-order valence-corrected chi connectivity index (χ4v) is 3.26. The molecule has 164 valence electrons. The van der Waals surface area contributed by atoms with Crippen molar-refractivity contribution in [1.29, 1.82) is 0 Å². The van der Waals surface area contributed by atoms with Gasteiger partial charge in [0.25, 0.3) is 0 Å². The van der Waals surface area contributed by atoms with Gasteiger partial charge in [-0.05, 0) is 35.1 Å². The topological polar surface area (TPSA) is 96.1 Å². The number of carbonyl (C=O) groups excluding carboxylic acids is 2. The van der Waals surface area contributed by atoms with Crippen molar-refractivity contribution in [1.82, 2.24) is 20.8 Å². The Morgan fingerprint density at radius 1 is 1.13 bits per heavy atom. The summed E-state index contributed by atoms with van der Waals surface area (Å²) in [5, 5.41) is 13.7. The number of aryl methyl sites for hydroxylation is 1. The van der Waals surface area contributed by atoms with Crippen LogP contribution >= 0.6 is 0 Å². The third kappa shape index (κ3) is 6.57. The van der Waals surface area contributed by atoms with E-state index in [2.05, 4.69) is 20.8 Å². The number of aromatic nitrogens is 2. The number of alkyl carbamates (subject to hydrolysis) is 1. The molecule has 2 aromatic carbocycles. The predicted molar refractivity (Wildman–Crippen MR) is 121 cm³/mol. The van der Waals surface area contributed by atoms with E-state index in [1.54, 1.807) is 6.20 Å². The highest BCUT2D eigenvalue weighted by atomic mass is 16.5. The van der Waals surface area contributed by atoms with Gasteiger partial charge in [0.1, 0.15) is 12.6 Å². The lowest BCUT2D eigenvalue weighted by molar-refractivity contribution is -0.123. The molecule has 0 aliphatic rings. The number of aromatic amines is 1. The van der Waals surface area contributed by atoms with Gasteiger partial charge in [-0.3, -0.25) is 9.89 Å². The van der Waals surface area contributed by atoms with Crippen LogP contribution in [0.2, 0.25) is 0 Å². The molecule has 0 radical (unpaired) electrons. The van der Waals surface area contributed by atoms with Crippen molar-refractivity contribution in [2.75, 3.05) is 6.54 Å². The number of nitrogens with zero attached hydrogens (tertiary/aromatic N) is 1. The molecule has 1 heterocycles. The number of amides is 2. The summed E-state index contributed by atoms with van der Waals surface area (Å²) in [6.45, 7) is 8.76. The number of hydrogen-bond donors (Lipinski definition) is 3. The van der Waals surface area contributed by atoms with Crippen LogP contribution < -0.4 is 10.6 Å². The van der Waals surface area contributed by atoms with Gasteiger partial charge in [0, 0.05) is 18.4 Å². The smallest absolute Gasteiger partial charge is 0.408 e. The average Bonchev–Trinajstić information content (AvgIpc) is 3.19. The number of H-pyrrole nitrogens is 1. The number of benzene rings is 2. The number of nitrogens with one attached hydrogen (secondary N) is 3. The Bertz CT molecular complexity index is 1040. The molecule has 0 aliphatic carbocycles. The number of rotatable bonds is 7. The van der Waals surface area contributed by atoms with E-state index >= 15 is 0 Å². The van der Waals surface area contributed by atoms with E-state index in [0.29, 0.717) is 13.0 Å². The predicted octanol–water partition coefficient (Wildman–Crippen LogP) is 3.87. The van der Waals surface area contributed by atoms with E-state index in [9.17, 15) is 9.59 Å². The number of ether oxygens (including phenoxy) is 1. The van der Waals surface area contributed by atoms with E-state index in [4.69, 9.17) is 4.74 Å². The van der Waals surface area contributed by atoms with Crippen LogP contribution in [0, 0.1) is 12.3 Å².